The van der Waals surface area contributed by atoms with E-state index in [1.165, 1.54) is 54.3 Å². The van der Waals surface area contributed by atoms with E-state index in [1.54, 1.807) is 0 Å². The molecule has 1 unspecified atom stereocenters. The molecule has 0 radical (unpaired) electrons. The highest BCUT2D eigenvalue weighted by Crippen LogP contribution is 2.29. The third-order valence-electron chi connectivity index (χ3n) is 7.94. The van der Waals surface area contributed by atoms with Crippen LogP contribution in [-0.2, 0) is 20.9 Å². The van der Waals surface area contributed by atoms with Gasteiger partial charge in [0.1, 0.15) is 17.7 Å². The summed E-state index contributed by atoms with van der Waals surface area (Å²) in [4.78, 5) is 43.7. The first-order valence-electron chi connectivity index (χ1n) is 15.2. The molecule has 2 saturated heterocycles. The molecule has 0 aromatic heterocycles. The van der Waals surface area contributed by atoms with Gasteiger partial charge in [0.2, 0.25) is 11.8 Å². The van der Waals surface area contributed by atoms with Crippen molar-refractivity contribution in [2.24, 2.45) is 0 Å². The number of rotatable bonds is 10. The van der Waals surface area contributed by atoms with Crippen LogP contribution in [0, 0.1) is 0 Å². The van der Waals surface area contributed by atoms with Gasteiger partial charge in [-0.2, -0.15) is 11.8 Å². The SMILES string of the molecule is CC(C)(C)OC(=O)N1CSC[C@H]1C(=O)NC(CCSC1CCCCC1)C(=O)NC1CCN(Cc2ccccc2)CC1. The monoisotopic (exact) mass is 604 g/mol. The van der Waals surface area contributed by atoms with Crippen molar-refractivity contribution in [1.29, 1.82) is 0 Å². The fraction of sp³-hybridized carbons (Fsp3) is 0.710. The van der Waals surface area contributed by atoms with Crippen LogP contribution in [0.5, 0.6) is 0 Å². The number of hydrogen-bond acceptors (Lipinski definition) is 7. The molecule has 0 bridgehead atoms. The number of amides is 3. The fourth-order valence-electron chi connectivity index (χ4n) is 5.66. The van der Waals surface area contributed by atoms with Gasteiger partial charge in [-0.25, -0.2) is 4.79 Å². The molecule has 2 atom stereocenters. The molecular formula is C31H48N4O4S2. The van der Waals surface area contributed by atoms with Crippen LogP contribution >= 0.6 is 23.5 Å². The topological polar surface area (TPSA) is 91.0 Å². The largest absolute Gasteiger partial charge is 0.444 e. The Hall–Kier alpha value is -1.91. The Labute approximate surface area is 254 Å². The molecule has 3 aliphatic rings. The minimum absolute atomic E-state index is 0.0974. The van der Waals surface area contributed by atoms with Crippen molar-refractivity contribution < 1.29 is 19.1 Å². The molecule has 3 amide bonds. The second-order valence-electron chi connectivity index (χ2n) is 12.5. The first kappa shape index (κ1) is 32.0. The number of piperidine rings is 1. The lowest BCUT2D eigenvalue weighted by molar-refractivity contribution is -0.131. The van der Waals surface area contributed by atoms with E-state index in [2.05, 4.69) is 39.8 Å². The number of likely N-dealkylation sites (tertiary alicyclic amines) is 1. The Bertz CT molecular complexity index is 992. The highest BCUT2D eigenvalue weighted by molar-refractivity contribution is 8.00. The molecule has 8 nitrogen and oxygen atoms in total. The van der Waals surface area contributed by atoms with Crippen molar-refractivity contribution in [2.45, 2.75) is 108 Å². The zero-order chi connectivity index (χ0) is 29.2. The lowest BCUT2D eigenvalue weighted by atomic mass is 10.0. The van der Waals surface area contributed by atoms with Crippen molar-refractivity contribution in [2.75, 3.05) is 30.5 Å². The second kappa shape index (κ2) is 15.5. The van der Waals surface area contributed by atoms with Gasteiger partial charge in [-0.05, 0) is 64.2 Å². The number of hydrogen-bond donors (Lipinski definition) is 2. The van der Waals surface area contributed by atoms with Gasteiger partial charge >= 0.3 is 6.09 Å². The maximum Gasteiger partial charge on any atom is 0.411 e. The third-order valence-corrected chi connectivity index (χ3v) is 10.4. The minimum atomic E-state index is -0.641. The molecule has 1 saturated carbocycles. The molecule has 41 heavy (non-hydrogen) atoms. The molecule has 2 aliphatic heterocycles. The first-order chi connectivity index (χ1) is 19.7. The number of carbonyl (C=O) groups is 3. The van der Waals surface area contributed by atoms with E-state index in [0.717, 1.165) is 38.2 Å². The van der Waals surface area contributed by atoms with Crippen LogP contribution in [0.1, 0.15) is 77.7 Å². The molecule has 1 aromatic carbocycles. The number of thioether (sulfide) groups is 2. The molecule has 10 heteroatoms. The van der Waals surface area contributed by atoms with Crippen molar-refractivity contribution in [3.8, 4) is 0 Å². The number of nitrogens with one attached hydrogen (secondary N) is 2. The van der Waals surface area contributed by atoms with Crippen LogP contribution in [0.2, 0.25) is 0 Å². The molecule has 3 fully saturated rings. The highest BCUT2D eigenvalue weighted by atomic mass is 32.2. The van der Waals surface area contributed by atoms with Gasteiger partial charge in [0.15, 0.2) is 0 Å². The average Bonchev–Trinajstić information content (AvgIpc) is 3.44. The third kappa shape index (κ3) is 10.4. The van der Waals surface area contributed by atoms with E-state index in [0.29, 0.717) is 23.3 Å². The fourth-order valence-corrected chi connectivity index (χ4v) is 8.17. The Morgan fingerprint density at radius 3 is 2.44 bits per heavy atom. The van der Waals surface area contributed by atoms with E-state index in [-0.39, 0.29) is 17.9 Å². The van der Waals surface area contributed by atoms with Gasteiger partial charge in [0, 0.05) is 36.7 Å². The van der Waals surface area contributed by atoms with Gasteiger partial charge in [0.05, 0.1) is 5.88 Å². The molecule has 1 aromatic rings. The van der Waals surface area contributed by atoms with Gasteiger partial charge in [-0.1, -0.05) is 49.6 Å². The van der Waals surface area contributed by atoms with Crippen molar-refractivity contribution in [3.63, 3.8) is 0 Å². The van der Waals surface area contributed by atoms with Gasteiger partial charge in [-0.15, -0.1) is 11.8 Å². The van der Waals surface area contributed by atoms with Crippen LogP contribution < -0.4 is 10.6 Å². The van der Waals surface area contributed by atoms with Gasteiger partial charge in [0.25, 0.3) is 0 Å². The molecule has 2 heterocycles. The molecule has 4 rings (SSSR count). The van der Waals surface area contributed by atoms with E-state index < -0.39 is 23.8 Å². The average molecular weight is 605 g/mol. The summed E-state index contributed by atoms with van der Waals surface area (Å²) in [6.07, 6.45) is 8.22. The standard InChI is InChI=1S/C31H48N4O4S2/c1-31(2,3)39-30(38)35-22-40-21-27(35)29(37)33-26(16-19-41-25-12-8-5-9-13-25)28(36)32-24-14-17-34(18-15-24)20-23-10-6-4-7-11-23/h4,6-7,10-11,24-27H,5,8-9,12-22H2,1-3H3,(H,32,36)(H,33,37)/t26?,27-/m0/s1. The number of nitrogens with zero attached hydrogens (tertiary/aromatic N) is 2. The predicted molar refractivity (Wildman–Crippen MR) is 168 cm³/mol. The molecule has 0 spiro atoms. The molecule has 2 N–H and O–H groups in total. The van der Waals surface area contributed by atoms with E-state index in [4.69, 9.17) is 4.74 Å². The van der Waals surface area contributed by atoms with Crippen LogP contribution in [0.25, 0.3) is 0 Å². The summed E-state index contributed by atoms with van der Waals surface area (Å²) >= 11 is 3.46. The van der Waals surface area contributed by atoms with Crippen LogP contribution in [0.3, 0.4) is 0 Å². The molecule has 228 valence electrons. The van der Waals surface area contributed by atoms with Crippen LogP contribution in [-0.4, -0.2) is 87.2 Å². The Morgan fingerprint density at radius 2 is 1.76 bits per heavy atom. The summed E-state index contributed by atoms with van der Waals surface area (Å²) in [6.45, 7) is 8.24. The number of ether oxygens (including phenoxy) is 1. The van der Waals surface area contributed by atoms with E-state index >= 15 is 0 Å². The summed E-state index contributed by atoms with van der Waals surface area (Å²) in [5, 5.41) is 6.93. The quantitative estimate of drug-likeness (QED) is 0.388. The second-order valence-corrected chi connectivity index (χ2v) is 14.9. The summed E-state index contributed by atoms with van der Waals surface area (Å²) in [6, 6.07) is 9.32. The Morgan fingerprint density at radius 1 is 1.05 bits per heavy atom. The lowest BCUT2D eigenvalue weighted by Gasteiger charge is -2.33. The first-order valence-corrected chi connectivity index (χ1v) is 17.4. The summed E-state index contributed by atoms with van der Waals surface area (Å²) < 4.78 is 5.54. The normalized spacial score (nSPS) is 21.8. The summed E-state index contributed by atoms with van der Waals surface area (Å²) in [5.41, 5.74) is 0.666. The summed E-state index contributed by atoms with van der Waals surface area (Å²) in [5.74, 6) is 1.34. The van der Waals surface area contributed by atoms with Crippen LogP contribution in [0.4, 0.5) is 4.79 Å². The Balaban J connectivity index is 1.32. The molecular weight excluding hydrogens is 556 g/mol. The van der Waals surface area contributed by atoms with E-state index in [1.807, 2.05) is 38.6 Å². The molecule has 1 aliphatic carbocycles. The van der Waals surface area contributed by atoms with Crippen molar-refractivity contribution >= 4 is 41.4 Å². The van der Waals surface area contributed by atoms with Crippen molar-refractivity contribution in [1.82, 2.24) is 20.4 Å². The smallest absolute Gasteiger partial charge is 0.411 e. The highest BCUT2D eigenvalue weighted by Gasteiger charge is 2.38. The lowest BCUT2D eigenvalue weighted by Crippen LogP contribution is -2.56. The minimum Gasteiger partial charge on any atom is -0.444 e. The summed E-state index contributed by atoms with van der Waals surface area (Å²) in [7, 11) is 0. The zero-order valence-corrected chi connectivity index (χ0v) is 26.6. The number of benzene rings is 1. The predicted octanol–water partition coefficient (Wildman–Crippen LogP) is 5.02. The van der Waals surface area contributed by atoms with Gasteiger partial charge in [-0.3, -0.25) is 19.4 Å². The zero-order valence-electron chi connectivity index (χ0n) is 24.9. The Kier molecular flexibility index (Phi) is 12.1. The van der Waals surface area contributed by atoms with Crippen molar-refractivity contribution in [3.05, 3.63) is 35.9 Å². The van der Waals surface area contributed by atoms with Crippen LogP contribution in [0.15, 0.2) is 30.3 Å². The van der Waals surface area contributed by atoms with E-state index in [9.17, 15) is 14.4 Å². The van der Waals surface area contributed by atoms with Gasteiger partial charge < -0.3 is 15.4 Å². The number of carbonyl (C=O) groups excluding carboxylic acids is 3. The maximum atomic E-state index is 13.6. The maximum absolute atomic E-state index is 13.6.